The van der Waals surface area contributed by atoms with Gasteiger partial charge in [0, 0.05) is 6.54 Å². The Morgan fingerprint density at radius 2 is 1.85 bits per heavy atom. The Labute approximate surface area is 122 Å². The van der Waals surface area contributed by atoms with Crippen LogP contribution in [-0.4, -0.2) is 30.9 Å². The van der Waals surface area contributed by atoms with Crippen LogP contribution in [0.4, 0.5) is 0 Å². The molecule has 2 rings (SSSR count). The van der Waals surface area contributed by atoms with Gasteiger partial charge >= 0.3 is 0 Å². The van der Waals surface area contributed by atoms with Crippen molar-refractivity contribution in [3.05, 3.63) is 29.3 Å². The molecule has 0 radical (unpaired) electrons. The van der Waals surface area contributed by atoms with E-state index in [1.807, 2.05) is 12.1 Å². The zero-order valence-corrected chi connectivity index (χ0v) is 12.9. The van der Waals surface area contributed by atoms with E-state index in [1.54, 1.807) is 0 Å². The third-order valence-corrected chi connectivity index (χ3v) is 3.91. The number of hydrogen-bond donors (Lipinski definition) is 2. The minimum absolute atomic E-state index is 0.341. The molecule has 0 heterocycles. The molecule has 2 unspecified atom stereocenters. The van der Waals surface area contributed by atoms with Crippen LogP contribution in [0.3, 0.4) is 0 Å². The van der Waals surface area contributed by atoms with Crippen LogP contribution in [0.5, 0.6) is 5.75 Å². The van der Waals surface area contributed by atoms with Gasteiger partial charge in [0.1, 0.15) is 18.5 Å². The van der Waals surface area contributed by atoms with E-state index in [9.17, 15) is 5.11 Å². The summed E-state index contributed by atoms with van der Waals surface area (Å²) in [7, 11) is 0. The first-order chi connectivity index (χ1) is 9.54. The number of benzene rings is 1. The highest BCUT2D eigenvalue weighted by Crippen LogP contribution is 2.35. The summed E-state index contributed by atoms with van der Waals surface area (Å²) in [6.07, 6.45) is 2.30. The van der Waals surface area contributed by atoms with Gasteiger partial charge in [0.15, 0.2) is 0 Å². The Bertz CT molecular complexity index is 409. The number of nitrogens with one attached hydrogen (secondary N) is 1. The average Bonchev–Trinajstić information content (AvgIpc) is 3.19. The quantitative estimate of drug-likeness (QED) is 0.767. The topological polar surface area (TPSA) is 41.5 Å². The fourth-order valence-electron chi connectivity index (χ4n) is 2.58. The summed E-state index contributed by atoms with van der Waals surface area (Å²) in [4.78, 5) is 0. The summed E-state index contributed by atoms with van der Waals surface area (Å²) in [5, 5.41) is 13.3. The molecular weight excluding hydrogens is 250 g/mol. The number of aliphatic hydroxyl groups is 1. The Hall–Kier alpha value is -1.06. The van der Waals surface area contributed by atoms with Gasteiger partial charge < -0.3 is 15.2 Å². The van der Waals surface area contributed by atoms with E-state index >= 15 is 0 Å². The molecule has 3 heteroatoms. The molecule has 1 aliphatic rings. The zero-order chi connectivity index (χ0) is 14.5. The van der Waals surface area contributed by atoms with Crippen LogP contribution in [0.15, 0.2) is 18.2 Å². The standard InChI is InChI=1S/C17H27NO2/c1-12-6-13(2)8-17(7-12)20-11-16(19)10-18-9-14(3)15-4-5-15/h6-8,14-16,18-19H,4-5,9-11H2,1-3H3. The predicted octanol–water partition coefficient (Wildman–Crippen LogP) is 2.68. The lowest BCUT2D eigenvalue weighted by atomic mass is 10.1. The highest BCUT2D eigenvalue weighted by atomic mass is 16.5. The molecular formula is C17H27NO2. The lowest BCUT2D eigenvalue weighted by Gasteiger charge is -2.16. The maximum Gasteiger partial charge on any atom is 0.119 e. The first-order valence-electron chi connectivity index (χ1n) is 7.64. The summed E-state index contributed by atoms with van der Waals surface area (Å²) in [6.45, 7) is 8.32. The van der Waals surface area contributed by atoms with Crippen molar-refractivity contribution in [1.82, 2.24) is 5.32 Å². The van der Waals surface area contributed by atoms with Crippen molar-refractivity contribution in [2.75, 3.05) is 19.7 Å². The van der Waals surface area contributed by atoms with E-state index in [1.165, 1.54) is 24.0 Å². The van der Waals surface area contributed by atoms with Crippen molar-refractivity contribution in [1.29, 1.82) is 0 Å². The van der Waals surface area contributed by atoms with Crippen LogP contribution < -0.4 is 10.1 Å². The van der Waals surface area contributed by atoms with Gasteiger partial charge in [-0.2, -0.15) is 0 Å². The fraction of sp³-hybridized carbons (Fsp3) is 0.647. The van der Waals surface area contributed by atoms with Gasteiger partial charge in [-0.05, 0) is 68.3 Å². The van der Waals surface area contributed by atoms with Crippen LogP contribution in [0.1, 0.15) is 30.9 Å². The average molecular weight is 277 g/mol. The molecule has 112 valence electrons. The third kappa shape index (κ3) is 5.14. The van der Waals surface area contributed by atoms with E-state index in [0.29, 0.717) is 13.2 Å². The lowest BCUT2D eigenvalue weighted by molar-refractivity contribution is 0.105. The van der Waals surface area contributed by atoms with E-state index in [-0.39, 0.29) is 0 Å². The highest BCUT2D eigenvalue weighted by Gasteiger charge is 2.27. The first-order valence-corrected chi connectivity index (χ1v) is 7.64. The number of ether oxygens (including phenoxy) is 1. The molecule has 0 aromatic heterocycles. The minimum Gasteiger partial charge on any atom is -0.491 e. The van der Waals surface area contributed by atoms with Gasteiger partial charge in [-0.25, -0.2) is 0 Å². The molecule has 1 aromatic rings. The van der Waals surface area contributed by atoms with Crippen LogP contribution in [-0.2, 0) is 0 Å². The maximum absolute atomic E-state index is 9.93. The molecule has 0 amide bonds. The number of hydrogen-bond acceptors (Lipinski definition) is 3. The number of rotatable bonds is 8. The molecule has 0 saturated heterocycles. The van der Waals surface area contributed by atoms with Crippen LogP contribution in [0.2, 0.25) is 0 Å². The van der Waals surface area contributed by atoms with Gasteiger partial charge in [0.2, 0.25) is 0 Å². The molecule has 3 nitrogen and oxygen atoms in total. The SMILES string of the molecule is Cc1cc(C)cc(OCC(O)CNCC(C)C2CC2)c1. The molecule has 2 atom stereocenters. The largest absolute Gasteiger partial charge is 0.491 e. The summed E-state index contributed by atoms with van der Waals surface area (Å²) in [5.41, 5.74) is 2.37. The molecule has 1 aliphatic carbocycles. The van der Waals surface area contributed by atoms with Crippen molar-refractivity contribution in [3.8, 4) is 5.75 Å². The Kier molecular flexibility index (Phi) is 5.44. The number of aryl methyl sites for hydroxylation is 2. The highest BCUT2D eigenvalue weighted by molar-refractivity contribution is 5.32. The normalized spacial score (nSPS) is 17.8. The molecule has 1 saturated carbocycles. The molecule has 0 aliphatic heterocycles. The first kappa shape index (κ1) is 15.3. The molecule has 2 N–H and O–H groups in total. The Balaban J connectivity index is 1.64. The monoisotopic (exact) mass is 277 g/mol. The molecule has 1 aromatic carbocycles. The maximum atomic E-state index is 9.93. The zero-order valence-electron chi connectivity index (χ0n) is 12.9. The van der Waals surface area contributed by atoms with Gasteiger partial charge in [-0.1, -0.05) is 13.0 Å². The van der Waals surface area contributed by atoms with Crippen LogP contribution >= 0.6 is 0 Å². The summed E-state index contributed by atoms with van der Waals surface area (Å²) < 4.78 is 5.66. The second kappa shape index (κ2) is 7.09. The van der Waals surface area contributed by atoms with E-state index in [4.69, 9.17) is 4.74 Å². The molecule has 20 heavy (non-hydrogen) atoms. The molecule has 0 spiro atoms. The summed E-state index contributed by atoms with van der Waals surface area (Å²) in [5.74, 6) is 2.47. The van der Waals surface area contributed by atoms with Crippen molar-refractivity contribution >= 4 is 0 Å². The van der Waals surface area contributed by atoms with Gasteiger partial charge in [-0.3, -0.25) is 0 Å². The van der Waals surface area contributed by atoms with Gasteiger partial charge in [0.05, 0.1) is 0 Å². The lowest BCUT2D eigenvalue weighted by Crippen LogP contribution is -2.34. The van der Waals surface area contributed by atoms with Gasteiger partial charge in [-0.15, -0.1) is 0 Å². The van der Waals surface area contributed by atoms with Crippen molar-refractivity contribution in [3.63, 3.8) is 0 Å². The fourth-order valence-corrected chi connectivity index (χ4v) is 2.58. The minimum atomic E-state index is -0.456. The van der Waals surface area contributed by atoms with E-state index in [0.717, 1.165) is 24.1 Å². The summed E-state index contributed by atoms with van der Waals surface area (Å²) >= 11 is 0. The van der Waals surface area contributed by atoms with Crippen molar-refractivity contribution in [2.24, 2.45) is 11.8 Å². The Morgan fingerprint density at radius 3 is 2.45 bits per heavy atom. The Morgan fingerprint density at radius 1 is 1.20 bits per heavy atom. The molecule has 0 bridgehead atoms. The second-order valence-electron chi connectivity index (χ2n) is 6.26. The van der Waals surface area contributed by atoms with Crippen molar-refractivity contribution in [2.45, 2.75) is 39.7 Å². The van der Waals surface area contributed by atoms with E-state index < -0.39 is 6.10 Å². The molecule has 1 fully saturated rings. The van der Waals surface area contributed by atoms with Crippen molar-refractivity contribution < 1.29 is 9.84 Å². The summed E-state index contributed by atoms with van der Waals surface area (Å²) in [6, 6.07) is 6.12. The van der Waals surface area contributed by atoms with Crippen LogP contribution in [0.25, 0.3) is 0 Å². The third-order valence-electron chi connectivity index (χ3n) is 3.91. The van der Waals surface area contributed by atoms with Gasteiger partial charge in [0.25, 0.3) is 0 Å². The smallest absolute Gasteiger partial charge is 0.119 e. The van der Waals surface area contributed by atoms with Crippen LogP contribution in [0, 0.1) is 25.7 Å². The number of aliphatic hydroxyl groups excluding tert-OH is 1. The second-order valence-corrected chi connectivity index (χ2v) is 6.26. The predicted molar refractivity (Wildman–Crippen MR) is 82.2 cm³/mol. The van der Waals surface area contributed by atoms with E-state index in [2.05, 4.69) is 32.2 Å².